The number of carbonyl (C=O) groups excluding carboxylic acids is 1. The molecule has 1 N–H and O–H groups in total. The molecule has 0 fully saturated rings. The van der Waals surface area contributed by atoms with Gasteiger partial charge in [0.1, 0.15) is 5.75 Å². The van der Waals surface area contributed by atoms with Crippen LogP contribution in [0.3, 0.4) is 0 Å². The van der Waals surface area contributed by atoms with Crippen LogP contribution in [0.5, 0.6) is 5.75 Å². The fourth-order valence-electron chi connectivity index (χ4n) is 2.07. The highest BCUT2D eigenvalue weighted by Gasteiger charge is 2.12. The second-order valence-electron chi connectivity index (χ2n) is 5.29. The minimum Gasteiger partial charge on any atom is -0.484 e. The number of rotatable bonds is 7. The number of nitrogens with zero attached hydrogens (tertiary/aromatic N) is 3. The lowest BCUT2D eigenvalue weighted by atomic mass is 10.3. The van der Waals surface area contributed by atoms with Crippen LogP contribution in [0.2, 0.25) is 0 Å². The monoisotopic (exact) mass is 383 g/mol. The zero-order valence-corrected chi connectivity index (χ0v) is 14.8. The van der Waals surface area contributed by atoms with Crippen LogP contribution in [0.25, 0.3) is 4.72 Å². The van der Waals surface area contributed by atoms with Gasteiger partial charge in [0.15, 0.2) is 6.61 Å². The van der Waals surface area contributed by atoms with E-state index in [1.807, 2.05) is 6.07 Å². The summed E-state index contributed by atoms with van der Waals surface area (Å²) in [6, 6.07) is 16.1. The number of amides is 1. The Morgan fingerprint density at radius 2 is 1.63 bits per heavy atom. The first kappa shape index (κ1) is 18.3. The molecular weight excluding hydrogens is 368 g/mol. The third-order valence-electron chi connectivity index (χ3n) is 3.30. The highest BCUT2D eigenvalue weighted by Crippen LogP contribution is 2.24. The molecule has 0 saturated carbocycles. The van der Waals surface area contributed by atoms with E-state index in [0.29, 0.717) is 11.4 Å². The molecule has 8 nitrogen and oxygen atoms in total. The zero-order valence-electron chi connectivity index (χ0n) is 14.0. The van der Waals surface area contributed by atoms with Crippen LogP contribution in [0.15, 0.2) is 78.0 Å². The van der Waals surface area contributed by atoms with Crippen molar-refractivity contribution in [1.82, 2.24) is 9.97 Å². The number of anilines is 1. The molecule has 3 rings (SSSR count). The molecule has 2 aromatic carbocycles. The lowest BCUT2D eigenvalue weighted by molar-refractivity contribution is -0.118. The number of sulfonamides is 1. The first-order valence-electron chi connectivity index (χ1n) is 7.86. The van der Waals surface area contributed by atoms with Crippen molar-refractivity contribution in [3.63, 3.8) is 0 Å². The fourth-order valence-corrected chi connectivity index (χ4v) is 2.97. The van der Waals surface area contributed by atoms with Gasteiger partial charge in [0.2, 0.25) is 10.0 Å². The van der Waals surface area contributed by atoms with Crippen LogP contribution in [0.4, 0.5) is 11.6 Å². The van der Waals surface area contributed by atoms with E-state index in [1.54, 1.807) is 30.3 Å². The summed E-state index contributed by atoms with van der Waals surface area (Å²) in [5.74, 6) is 0.0728. The topological polar surface area (TPSA) is 112 Å². The third kappa shape index (κ3) is 5.25. The van der Waals surface area contributed by atoms with Crippen molar-refractivity contribution in [3.8, 4) is 5.75 Å². The van der Waals surface area contributed by atoms with Crippen molar-refractivity contribution in [1.29, 1.82) is 0 Å². The Morgan fingerprint density at radius 3 is 2.30 bits per heavy atom. The van der Waals surface area contributed by atoms with E-state index in [4.69, 9.17) is 4.74 Å². The first-order chi connectivity index (χ1) is 13.0. The number of carbonyl (C=O) groups is 1. The molecule has 0 aliphatic carbocycles. The van der Waals surface area contributed by atoms with Gasteiger partial charge in [-0.2, -0.15) is 0 Å². The molecule has 0 saturated heterocycles. The number of para-hydroxylation sites is 1. The predicted molar refractivity (Wildman–Crippen MR) is 99.2 cm³/mol. The normalized spacial score (nSPS) is 10.8. The highest BCUT2D eigenvalue weighted by atomic mass is 32.2. The van der Waals surface area contributed by atoms with Gasteiger partial charge in [0.25, 0.3) is 5.91 Å². The SMILES string of the molecule is O=C(COc1ccccc1)Nc1ccc(S(=O)(=O)[N-]c2ncccn2)cc1. The maximum absolute atomic E-state index is 12.2. The van der Waals surface area contributed by atoms with Crippen molar-refractivity contribution in [2.75, 3.05) is 11.9 Å². The molecule has 0 unspecified atom stereocenters. The lowest BCUT2D eigenvalue weighted by Gasteiger charge is -2.12. The second-order valence-corrected chi connectivity index (χ2v) is 6.89. The van der Waals surface area contributed by atoms with Gasteiger partial charge in [0.05, 0.1) is 4.90 Å². The van der Waals surface area contributed by atoms with Gasteiger partial charge in [0, 0.05) is 11.6 Å². The number of hydrogen-bond acceptors (Lipinski definition) is 6. The molecule has 0 aliphatic heterocycles. The number of nitrogens with one attached hydrogen (secondary N) is 1. The van der Waals surface area contributed by atoms with Gasteiger partial charge < -0.3 is 20.0 Å². The fraction of sp³-hybridized carbons (Fsp3) is 0.0556. The van der Waals surface area contributed by atoms with Gasteiger partial charge >= 0.3 is 0 Å². The maximum Gasteiger partial charge on any atom is 0.262 e. The molecule has 138 valence electrons. The van der Waals surface area contributed by atoms with Crippen molar-refractivity contribution in [2.24, 2.45) is 0 Å². The number of ether oxygens (including phenoxy) is 1. The minimum absolute atomic E-state index is 0.0338. The standard InChI is InChI=1S/C18H16N4O4S/c23-17(13-26-15-5-2-1-3-6-15)21-14-7-9-16(10-8-14)27(24,25)22-18-19-11-4-12-20-18/h1-12H,13H2,(H2,19,20,21,22,23)/p-1. The van der Waals surface area contributed by atoms with Crippen molar-refractivity contribution < 1.29 is 17.9 Å². The van der Waals surface area contributed by atoms with Crippen LogP contribution in [0, 0.1) is 0 Å². The van der Waals surface area contributed by atoms with E-state index < -0.39 is 10.0 Å². The average molecular weight is 383 g/mol. The molecule has 9 heteroatoms. The van der Waals surface area contributed by atoms with E-state index in [0.717, 1.165) is 0 Å². The van der Waals surface area contributed by atoms with Gasteiger partial charge in [-0.3, -0.25) is 9.52 Å². The first-order valence-corrected chi connectivity index (χ1v) is 9.30. The molecular formula is C18H15N4O4S-. The Labute approximate surface area is 156 Å². The van der Waals surface area contributed by atoms with E-state index >= 15 is 0 Å². The van der Waals surface area contributed by atoms with Gasteiger partial charge in [-0.15, -0.1) is 0 Å². The summed E-state index contributed by atoms with van der Waals surface area (Å²) in [6.45, 7) is -0.162. The predicted octanol–water partition coefficient (Wildman–Crippen LogP) is 2.89. The van der Waals surface area contributed by atoms with E-state index in [2.05, 4.69) is 20.0 Å². The van der Waals surface area contributed by atoms with Crippen molar-refractivity contribution in [3.05, 3.63) is 77.8 Å². The minimum atomic E-state index is -3.94. The summed E-state index contributed by atoms with van der Waals surface area (Å²) in [6.07, 6.45) is 2.80. The average Bonchev–Trinajstić information content (AvgIpc) is 2.68. The molecule has 0 spiro atoms. The van der Waals surface area contributed by atoms with Crippen molar-refractivity contribution >= 4 is 27.6 Å². The molecule has 0 atom stereocenters. The Morgan fingerprint density at radius 1 is 0.963 bits per heavy atom. The van der Waals surface area contributed by atoms with E-state index in [9.17, 15) is 13.2 Å². The Kier molecular flexibility index (Phi) is 5.62. The number of aromatic nitrogens is 2. The number of hydrogen-bond donors (Lipinski definition) is 1. The van der Waals surface area contributed by atoms with Crippen LogP contribution >= 0.6 is 0 Å². The molecule has 0 radical (unpaired) electrons. The Hall–Kier alpha value is -3.46. The van der Waals surface area contributed by atoms with Crippen LogP contribution < -0.4 is 10.1 Å². The van der Waals surface area contributed by atoms with Crippen LogP contribution in [-0.4, -0.2) is 30.9 Å². The Bertz CT molecular complexity index is 995. The van der Waals surface area contributed by atoms with Crippen molar-refractivity contribution in [2.45, 2.75) is 4.90 Å². The molecule has 1 aromatic heterocycles. The zero-order chi connectivity index (χ0) is 19.1. The quantitative estimate of drug-likeness (QED) is 0.671. The van der Waals surface area contributed by atoms with E-state index in [-0.39, 0.29) is 23.4 Å². The van der Waals surface area contributed by atoms with Gasteiger partial charge in [-0.1, -0.05) is 24.3 Å². The Balaban J connectivity index is 1.59. The summed E-state index contributed by atoms with van der Waals surface area (Å²) in [4.78, 5) is 19.4. The molecule has 1 heterocycles. The van der Waals surface area contributed by atoms with Gasteiger partial charge in [-0.05, 0) is 48.8 Å². The molecule has 27 heavy (non-hydrogen) atoms. The van der Waals surface area contributed by atoms with Crippen LogP contribution in [-0.2, 0) is 14.8 Å². The largest absolute Gasteiger partial charge is 0.484 e. The highest BCUT2D eigenvalue weighted by molar-refractivity contribution is 7.94. The lowest BCUT2D eigenvalue weighted by Crippen LogP contribution is -2.20. The van der Waals surface area contributed by atoms with Crippen LogP contribution in [0.1, 0.15) is 0 Å². The summed E-state index contributed by atoms with van der Waals surface area (Å²) in [5.41, 5.74) is 0.437. The summed E-state index contributed by atoms with van der Waals surface area (Å²) in [7, 11) is -3.94. The van der Waals surface area contributed by atoms with E-state index in [1.165, 1.54) is 36.7 Å². The van der Waals surface area contributed by atoms with Gasteiger partial charge in [-0.25, -0.2) is 8.42 Å². The maximum atomic E-state index is 12.2. The molecule has 3 aromatic rings. The second kappa shape index (κ2) is 8.28. The molecule has 1 amide bonds. The summed E-state index contributed by atoms with van der Waals surface area (Å²) in [5, 5.41) is 2.63. The molecule has 0 aliphatic rings. The summed E-state index contributed by atoms with van der Waals surface area (Å²) >= 11 is 0. The third-order valence-corrected chi connectivity index (χ3v) is 4.57. The molecule has 0 bridgehead atoms. The number of benzene rings is 2. The summed E-state index contributed by atoms with van der Waals surface area (Å²) < 4.78 is 33.4. The smallest absolute Gasteiger partial charge is 0.262 e.